The van der Waals surface area contributed by atoms with Crippen molar-refractivity contribution in [1.82, 2.24) is 4.57 Å². The molecule has 6 heteroatoms. The summed E-state index contributed by atoms with van der Waals surface area (Å²) < 4.78 is 3.99. The van der Waals surface area contributed by atoms with Gasteiger partial charge in [0.25, 0.3) is 5.91 Å². The summed E-state index contributed by atoms with van der Waals surface area (Å²) in [6.45, 7) is 3.97. The molecule has 0 aliphatic heterocycles. The van der Waals surface area contributed by atoms with Gasteiger partial charge in [-0.25, -0.2) is 0 Å². The van der Waals surface area contributed by atoms with E-state index in [2.05, 4.69) is 41.7 Å². The van der Waals surface area contributed by atoms with Gasteiger partial charge in [-0.15, -0.1) is 0 Å². The molecular formula is C22H17Br2N3O. The van der Waals surface area contributed by atoms with E-state index >= 15 is 0 Å². The van der Waals surface area contributed by atoms with Gasteiger partial charge in [-0.1, -0.05) is 28.1 Å². The SMILES string of the molecule is Cc1cc(/C=C(/C#N)C(=O)Nc2ccc(Br)cc2)c(C)n1-c1ccccc1Br. The van der Waals surface area contributed by atoms with E-state index in [1.165, 1.54) is 0 Å². The van der Waals surface area contributed by atoms with Crippen LogP contribution in [0.3, 0.4) is 0 Å². The lowest BCUT2D eigenvalue weighted by Crippen LogP contribution is -2.13. The first-order valence-corrected chi connectivity index (χ1v) is 10.1. The molecular weight excluding hydrogens is 482 g/mol. The van der Waals surface area contributed by atoms with Crippen molar-refractivity contribution in [2.45, 2.75) is 13.8 Å². The van der Waals surface area contributed by atoms with Gasteiger partial charge in [0, 0.05) is 26.0 Å². The third-order valence-electron chi connectivity index (χ3n) is 4.33. The van der Waals surface area contributed by atoms with Gasteiger partial charge >= 0.3 is 0 Å². The summed E-state index contributed by atoms with van der Waals surface area (Å²) in [5.74, 6) is -0.435. The van der Waals surface area contributed by atoms with Crippen LogP contribution in [0.1, 0.15) is 17.0 Å². The summed E-state index contributed by atoms with van der Waals surface area (Å²) in [5.41, 5.74) is 4.49. The fourth-order valence-electron chi connectivity index (χ4n) is 2.97. The van der Waals surface area contributed by atoms with Gasteiger partial charge in [0.1, 0.15) is 11.6 Å². The number of nitrogens with one attached hydrogen (secondary N) is 1. The van der Waals surface area contributed by atoms with Crippen molar-refractivity contribution in [2.75, 3.05) is 5.32 Å². The monoisotopic (exact) mass is 497 g/mol. The molecule has 2 aromatic carbocycles. The number of carbonyl (C=O) groups is 1. The number of amides is 1. The number of benzene rings is 2. The van der Waals surface area contributed by atoms with Crippen molar-refractivity contribution in [3.8, 4) is 11.8 Å². The van der Waals surface area contributed by atoms with E-state index in [0.717, 1.165) is 31.6 Å². The first-order valence-electron chi connectivity index (χ1n) is 8.53. The zero-order chi connectivity index (χ0) is 20.3. The van der Waals surface area contributed by atoms with E-state index in [1.807, 2.05) is 62.4 Å². The van der Waals surface area contributed by atoms with Gasteiger partial charge in [0.05, 0.1) is 5.69 Å². The molecule has 1 aromatic heterocycles. The number of hydrogen-bond acceptors (Lipinski definition) is 2. The molecule has 0 atom stereocenters. The lowest BCUT2D eigenvalue weighted by atomic mass is 10.1. The first kappa shape index (κ1) is 20.1. The molecule has 1 N–H and O–H groups in total. The number of aromatic nitrogens is 1. The number of para-hydroxylation sites is 1. The van der Waals surface area contributed by atoms with Crippen molar-refractivity contribution < 1.29 is 4.79 Å². The molecule has 1 amide bonds. The molecule has 0 bridgehead atoms. The summed E-state index contributed by atoms with van der Waals surface area (Å²) in [7, 11) is 0. The van der Waals surface area contributed by atoms with Crippen molar-refractivity contribution >= 4 is 49.5 Å². The van der Waals surface area contributed by atoms with Crippen LogP contribution in [0.2, 0.25) is 0 Å². The van der Waals surface area contributed by atoms with Crippen LogP contribution < -0.4 is 5.32 Å². The maximum Gasteiger partial charge on any atom is 0.266 e. The Hall–Kier alpha value is -2.62. The number of nitriles is 1. The van der Waals surface area contributed by atoms with Crippen LogP contribution in [-0.4, -0.2) is 10.5 Å². The zero-order valence-electron chi connectivity index (χ0n) is 15.3. The minimum absolute atomic E-state index is 0.0512. The molecule has 28 heavy (non-hydrogen) atoms. The number of halogens is 2. The van der Waals surface area contributed by atoms with E-state index in [9.17, 15) is 10.1 Å². The number of nitrogens with zero attached hydrogens (tertiary/aromatic N) is 2. The Morgan fingerprint density at radius 1 is 1.11 bits per heavy atom. The fourth-order valence-corrected chi connectivity index (χ4v) is 3.70. The molecule has 0 fully saturated rings. The van der Waals surface area contributed by atoms with Gasteiger partial charge in [0.2, 0.25) is 0 Å². The van der Waals surface area contributed by atoms with Gasteiger partial charge in [0.15, 0.2) is 0 Å². The smallest absolute Gasteiger partial charge is 0.266 e. The normalized spacial score (nSPS) is 11.2. The van der Waals surface area contributed by atoms with Crippen LogP contribution in [0.5, 0.6) is 0 Å². The van der Waals surface area contributed by atoms with Gasteiger partial charge in [-0.2, -0.15) is 5.26 Å². The molecule has 0 saturated carbocycles. The predicted octanol–water partition coefficient (Wildman–Crippen LogP) is 6.16. The van der Waals surface area contributed by atoms with Crippen molar-refractivity contribution in [2.24, 2.45) is 0 Å². The second-order valence-corrected chi connectivity index (χ2v) is 8.01. The van der Waals surface area contributed by atoms with Crippen LogP contribution in [0, 0.1) is 25.2 Å². The average Bonchev–Trinajstić information content (AvgIpc) is 2.95. The highest BCUT2D eigenvalue weighted by atomic mass is 79.9. The third-order valence-corrected chi connectivity index (χ3v) is 5.53. The third kappa shape index (κ3) is 4.27. The Labute approximate surface area is 180 Å². The Kier molecular flexibility index (Phi) is 6.18. The summed E-state index contributed by atoms with van der Waals surface area (Å²) in [5, 5.41) is 12.3. The highest BCUT2D eigenvalue weighted by molar-refractivity contribution is 9.10. The van der Waals surface area contributed by atoms with E-state index in [0.29, 0.717) is 5.69 Å². The molecule has 4 nitrogen and oxygen atoms in total. The number of anilines is 1. The number of rotatable bonds is 4. The largest absolute Gasteiger partial charge is 0.321 e. The second-order valence-electron chi connectivity index (χ2n) is 6.24. The summed E-state index contributed by atoms with van der Waals surface area (Å²) in [4.78, 5) is 12.5. The van der Waals surface area contributed by atoms with Crippen molar-refractivity contribution in [3.63, 3.8) is 0 Å². The molecule has 140 valence electrons. The van der Waals surface area contributed by atoms with Crippen LogP contribution in [0.25, 0.3) is 11.8 Å². The van der Waals surface area contributed by atoms with E-state index < -0.39 is 5.91 Å². The highest BCUT2D eigenvalue weighted by Crippen LogP contribution is 2.27. The maximum absolute atomic E-state index is 12.5. The van der Waals surface area contributed by atoms with E-state index in [4.69, 9.17) is 0 Å². The van der Waals surface area contributed by atoms with Crippen molar-refractivity contribution in [3.05, 3.63) is 86.1 Å². The topological polar surface area (TPSA) is 57.8 Å². The summed E-state index contributed by atoms with van der Waals surface area (Å²) in [6.07, 6.45) is 1.63. The van der Waals surface area contributed by atoms with E-state index in [-0.39, 0.29) is 5.57 Å². The Morgan fingerprint density at radius 2 is 1.79 bits per heavy atom. The number of hydrogen-bond donors (Lipinski definition) is 1. The predicted molar refractivity (Wildman–Crippen MR) is 119 cm³/mol. The molecule has 1 heterocycles. The maximum atomic E-state index is 12.5. The van der Waals surface area contributed by atoms with Gasteiger partial charge in [-0.3, -0.25) is 4.79 Å². The van der Waals surface area contributed by atoms with Gasteiger partial charge < -0.3 is 9.88 Å². The minimum Gasteiger partial charge on any atom is -0.321 e. The van der Waals surface area contributed by atoms with E-state index in [1.54, 1.807) is 18.2 Å². The highest BCUT2D eigenvalue weighted by Gasteiger charge is 2.15. The minimum atomic E-state index is -0.435. The molecule has 3 rings (SSSR count). The zero-order valence-corrected chi connectivity index (χ0v) is 18.5. The van der Waals surface area contributed by atoms with Crippen LogP contribution >= 0.6 is 31.9 Å². The quantitative estimate of drug-likeness (QED) is 0.345. The molecule has 0 radical (unpaired) electrons. The molecule has 0 unspecified atom stereocenters. The molecule has 0 aliphatic rings. The van der Waals surface area contributed by atoms with Crippen molar-refractivity contribution in [1.29, 1.82) is 5.26 Å². The number of aryl methyl sites for hydroxylation is 1. The molecule has 0 spiro atoms. The molecule has 0 aliphatic carbocycles. The first-order chi connectivity index (χ1) is 13.4. The van der Waals surface area contributed by atoms with Crippen LogP contribution in [0.4, 0.5) is 5.69 Å². The average molecular weight is 499 g/mol. The van der Waals surface area contributed by atoms with Gasteiger partial charge in [-0.05, 0) is 83.9 Å². The number of carbonyl (C=O) groups excluding carboxylic acids is 1. The molecule has 3 aromatic rings. The Balaban J connectivity index is 1.94. The standard InChI is InChI=1S/C22H17Br2N3O/c1-14-11-16(15(2)27(14)21-6-4-3-5-20(21)24)12-17(13-25)22(28)26-19-9-7-18(23)8-10-19/h3-12H,1-2H3,(H,26,28)/b17-12-. The fraction of sp³-hybridized carbons (Fsp3) is 0.0909. The Morgan fingerprint density at radius 3 is 2.43 bits per heavy atom. The second kappa shape index (κ2) is 8.59. The lowest BCUT2D eigenvalue weighted by molar-refractivity contribution is -0.112. The summed E-state index contributed by atoms with van der Waals surface area (Å²) in [6, 6.07) is 19.1. The van der Waals surface area contributed by atoms with Crippen LogP contribution in [-0.2, 0) is 4.79 Å². The summed E-state index contributed by atoms with van der Waals surface area (Å²) >= 11 is 6.94. The Bertz CT molecular complexity index is 1110. The van der Waals surface area contributed by atoms with Crippen LogP contribution in [0.15, 0.2) is 69.1 Å². The lowest BCUT2D eigenvalue weighted by Gasteiger charge is -2.11. The molecule has 0 saturated heterocycles.